The number of hydrogen-bond acceptors (Lipinski definition) is 6. The average Bonchev–Trinajstić information content (AvgIpc) is 3.45. The SMILES string of the molecule is N#CC(OC(=O)C1CC1)c1cccc(Oc2ccc([N+](=O)[O-])cc2)c1. The highest BCUT2D eigenvalue weighted by molar-refractivity contribution is 5.75. The number of nitro groups is 1. The van der Waals surface area contributed by atoms with Gasteiger partial charge in [-0.25, -0.2) is 0 Å². The summed E-state index contributed by atoms with van der Waals surface area (Å²) < 4.78 is 10.9. The van der Waals surface area contributed by atoms with Gasteiger partial charge in [-0.3, -0.25) is 14.9 Å². The van der Waals surface area contributed by atoms with Gasteiger partial charge in [0.1, 0.15) is 17.6 Å². The van der Waals surface area contributed by atoms with Crippen molar-refractivity contribution in [3.63, 3.8) is 0 Å². The minimum atomic E-state index is -0.992. The zero-order chi connectivity index (χ0) is 17.8. The number of hydrogen-bond donors (Lipinski definition) is 0. The second-order valence-corrected chi connectivity index (χ2v) is 5.65. The van der Waals surface area contributed by atoms with Crippen LogP contribution in [0.25, 0.3) is 0 Å². The smallest absolute Gasteiger partial charge is 0.310 e. The highest BCUT2D eigenvalue weighted by Gasteiger charge is 2.33. The van der Waals surface area contributed by atoms with Crippen molar-refractivity contribution in [2.24, 2.45) is 5.92 Å². The first-order valence-electron chi connectivity index (χ1n) is 7.69. The molecule has 0 aliphatic heterocycles. The predicted molar refractivity (Wildman–Crippen MR) is 86.8 cm³/mol. The summed E-state index contributed by atoms with van der Waals surface area (Å²) >= 11 is 0. The first-order valence-corrected chi connectivity index (χ1v) is 7.69. The van der Waals surface area contributed by atoms with E-state index in [4.69, 9.17) is 9.47 Å². The van der Waals surface area contributed by atoms with Crippen molar-refractivity contribution in [3.05, 3.63) is 64.2 Å². The van der Waals surface area contributed by atoms with Gasteiger partial charge in [0.2, 0.25) is 6.10 Å². The first kappa shape index (κ1) is 16.5. The predicted octanol–water partition coefficient (Wildman–Crippen LogP) is 3.90. The molecule has 1 unspecified atom stereocenters. The Bertz CT molecular complexity index is 837. The topological polar surface area (TPSA) is 102 Å². The quantitative estimate of drug-likeness (QED) is 0.449. The summed E-state index contributed by atoms with van der Waals surface area (Å²) in [7, 11) is 0. The number of carbonyl (C=O) groups excluding carboxylic acids is 1. The Morgan fingerprint density at radius 1 is 1.20 bits per heavy atom. The Labute approximate surface area is 143 Å². The maximum atomic E-state index is 11.8. The van der Waals surface area contributed by atoms with Crippen LogP contribution in [-0.4, -0.2) is 10.9 Å². The van der Waals surface area contributed by atoms with Gasteiger partial charge < -0.3 is 9.47 Å². The van der Waals surface area contributed by atoms with E-state index in [2.05, 4.69) is 0 Å². The first-order chi connectivity index (χ1) is 12.1. The molecule has 2 aromatic rings. The van der Waals surface area contributed by atoms with Crippen LogP contribution in [0, 0.1) is 27.4 Å². The van der Waals surface area contributed by atoms with Crippen LogP contribution >= 0.6 is 0 Å². The Hall–Kier alpha value is -3.40. The molecule has 0 bridgehead atoms. The summed E-state index contributed by atoms with van der Waals surface area (Å²) in [6, 6.07) is 14.3. The molecule has 0 heterocycles. The van der Waals surface area contributed by atoms with Gasteiger partial charge in [-0.05, 0) is 37.1 Å². The lowest BCUT2D eigenvalue weighted by Crippen LogP contribution is -2.11. The lowest BCUT2D eigenvalue weighted by molar-refractivity contribution is -0.384. The highest BCUT2D eigenvalue weighted by Crippen LogP contribution is 2.33. The van der Waals surface area contributed by atoms with Crippen molar-refractivity contribution >= 4 is 11.7 Å². The van der Waals surface area contributed by atoms with E-state index in [9.17, 15) is 20.2 Å². The van der Waals surface area contributed by atoms with Crippen LogP contribution in [0.2, 0.25) is 0 Å². The van der Waals surface area contributed by atoms with Gasteiger partial charge in [-0.1, -0.05) is 12.1 Å². The fourth-order valence-electron chi connectivity index (χ4n) is 2.21. The van der Waals surface area contributed by atoms with E-state index < -0.39 is 11.0 Å². The number of nitro benzene ring substituents is 1. The third kappa shape index (κ3) is 4.12. The van der Waals surface area contributed by atoms with Crippen LogP contribution < -0.4 is 4.74 Å². The summed E-state index contributed by atoms with van der Waals surface area (Å²) in [4.78, 5) is 21.9. The monoisotopic (exact) mass is 338 g/mol. The molecule has 0 spiro atoms. The largest absolute Gasteiger partial charge is 0.457 e. The zero-order valence-electron chi connectivity index (χ0n) is 13.1. The molecule has 7 nitrogen and oxygen atoms in total. The second kappa shape index (κ2) is 7.01. The number of benzene rings is 2. The Morgan fingerprint density at radius 2 is 1.92 bits per heavy atom. The van der Waals surface area contributed by atoms with E-state index in [0.29, 0.717) is 17.1 Å². The molecule has 0 aromatic heterocycles. The summed E-state index contributed by atoms with van der Waals surface area (Å²) in [6.07, 6.45) is 0.620. The molecule has 2 aromatic carbocycles. The van der Waals surface area contributed by atoms with Gasteiger partial charge in [-0.2, -0.15) is 5.26 Å². The fourth-order valence-corrected chi connectivity index (χ4v) is 2.21. The maximum Gasteiger partial charge on any atom is 0.310 e. The molecular formula is C18H14N2O5. The maximum absolute atomic E-state index is 11.8. The molecule has 1 aliphatic carbocycles. The van der Waals surface area contributed by atoms with Crippen LogP contribution in [0.1, 0.15) is 24.5 Å². The molecule has 0 radical (unpaired) electrons. The summed E-state index contributed by atoms with van der Waals surface area (Å²) in [5.41, 5.74) is 0.480. The van der Waals surface area contributed by atoms with Crippen LogP contribution in [0.5, 0.6) is 11.5 Å². The lowest BCUT2D eigenvalue weighted by atomic mass is 10.1. The van der Waals surface area contributed by atoms with Gasteiger partial charge >= 0.3 is 5.97 Å². The van der Waals surface area contributed by atoms with E-state index in [1.54, 1.807) is 24.3 Å². The van der Waals surface area contributed by atoms with E-state index in [0.717, 1.165) is 12.8 Å². The highest BCUT2D eigenvalue weighted by atomic mass is 16.6. The zero-order valence-corrected chi connectivity index (χ0v) is 13.1. The van der Waals surface area contributed by atoms with E-state index >= 15 is 0 Å². The van der Waals surface area contributed by atoms with Crippen molar-refractivity contribution in [3.8, 4) is 17.6 Å². The molecule has 126 valence electrons. The van der Waals surface area contributed by atoms with Crippen molar-refractivity contribution in [2.75, 3.05) is 0 Å². The second-order valence-electron chi connectivity index (χ2n) is 5.65. The summed E-state index contributed by atoms with van der Waals surface area (Å²) in [5.74, 6) is 0.420. The molecule has 3 rings (SSSR count). The van der Waals surface area contributed by atoms with E-state index in [1.807, 2.05) is 6.07 Å². The lowest BCUT2D eigenvalue weighted by Gasteiger charge is -2.12. The van der Waals surface area contributed by atoms with Gasteiger partial charge in [0, 0.05) is 17.7 Å². The number of non-ortho nitro benzene ring substituents is 1. The minimum absolute atomic E-state index is 0.0300. The number of carbonyl (C=O) groups is 1. The van der Waals surface area contributed by atoms with Gasteiger partial charge in [0.15, 0.2) is 0 Å². The van der Waals surface area contributed by atoms with Crippen LogP contribution in [0.15, 0.2) is 48.5 Å². The van der Waals surface area contributed by atoms with Crippen molar-refractivity contribution < 1.29 is 19.2 Å². The normalized spacial score (nSPS) is 14.2. The average molecular weight is 338 g/mol. The molecular weight excluding hydrogens is 324 g/mol. The van der Waals surface area contributed by atoms with Gasteiger partial charge in [-0.15, -0.1) is 0 Å². The van der Waals surface area contributed by atoms with E-state index in [-0.39, 0.29) is 17.6 Å². The molecule has 0 N–H and O–H groups in total. The molecule has 0 saturated heterocycles. The van der Waals surface area contributed by atoms with Crippen molar-refractivity contribution in [1.82, 2.24) is 0 Å². The van der Waals surface area contributed by atoms with Gasteiger partial charge in [0.25, 0.3) is 5.69 Å². The Kier molecular flexibility index (Phi) is 4.61. The molecule has 0 amide bonds. The standard InChI is InChI=1S/C18H14N2O5/c19-11-17(25-18(21)12-4-5-12)13-2-1-3-16(10-13)24-15-8-6-14(7-9-15)20(22)23/h1-3,6-10,12,17H,4-5H2. The molecule has 1 saturated carbocycles. The molecule has 1 aliphatic rings. The molecule has 7 heteroatoms. The number of rotatable bonds is 6. The number of nitriles is 1. The summed E-state index contributed by atoms with van der Waals surface area (Å²) in [6.45, 7) is 0. The fraction of sp³-hybridized carbons (Fsp3) is 0.222. The number of ether oxygens (including phenoxy) is 2. The van der Waals surface area contributed by atoms with Crippen LogP contribution in [0.3, 0.4) is 0 Å². The molecule has 1 fully saturated rings. The van der Waals surface area contributed by atoms with Crippen molar-refractivity contribution in [2.45, 2.75) is 18.9 Å². The third-order valence-corrected chi connectivity index (χ3v) is 3.71. The summed E-state index contributed by atoms with van der Waals surface area (Å²) in [5, 5.41) is 19.9. The molecule has 1 atom stereocenters. The van der Waals surface area contributed by atoms with E-state index in [1.165, 1.54) is 24.3 Å². The number of esters is 1. The molecule has 25 heavy (non-hydrogen) atoms. The van der Waals surface area contributed by atoms with Crippen molar-refractivity contribution in [1.29, 1.82) is 5.26 Å². The minimum Gasteiger partial charge on any atom is -0.457 e. The Morgan fingerprint density at radius 3 is 2.52 bits per heavy atom. The van der Waals surface area contributed by atoms with Gasteiger partial charge in [0.05, 0.1) is 10.8 Å². The van der Waals surface area contributed by atoms with Crippen LogP contribution in [-0.2, 0) is 9.53 Å². The number of nitrogens with zero attached hydrogens (tertiary/aromatic N) is 2. The van der Waals surface area contributed by atoms with Crippen LogP contribution in [0.4, 0.5) is 5.69 Å². The third-order valence-electron chi connectivity index (χ3n) is 3.71. The Balaban J connectivity index is 1.72.